The molecule has 1 saturated heterocycles. The molecular weight excluding hydrogens is 344 g/mol. The first-order chi connectivity index (χ1) is 13.2. The normalized spacial score (nSPS) is 14.9. The average molecular weight is 362 g/mol. The van der Waals surface area contributed by atoms with E-state index in [1.54, 1.807) is 21.3 Å². The molecule has 0 amide bonds. The van der Waals surface area contributed by atoms with Crippen molar-refractivity contribution in [2.45, 2.75) is 6.92 Å². The van der Waals surface area contributed by atoms with Crippen LogP contribution >= 0.6 is 0 Å². The van der Waals surface area contributed by atoms with E-state index in [9.17, 15) is 4.79 Å². The summed E-state index contributed by atoms with van der Waals surface area (Å²) in [5, 5.41) is 7.60. The number of nitrogens with one attached hydrogen (secondary N) is 1. The van der Waals surface area contributed by atoms with Crippen molar-refractivity contribution in [1.29, 1.82) is 0 Å². The van der Waals surface area contributed by atoms with E-state index in [2.05, 4.69) is 30.3 Å². The van der Waals surface area contributed by atoms with Crippen LogP contribution in [0.5, 0.6) is 0 Å². The number of hydrogen-bond acceptors (Lipinski definition) is 7. The molecule has 0 bridgehead atoms. The molecule has 1 N–H and O–H groups in total. The highest BCUT2D eigenvalue weighted by atomic mass is 16.1. The van der Waals surface area contributed by atoms with Gasteiger partial charge in [-0.25, -0.2) is 14.5 Å². The van der Waals surface area contributed by atoms with Crippen LogP contribution in [0.3, 0.4) is 0 Å². The maximum absolute atomic E-state index is 12.7. The number of fused-ring (bicyclic) bond motifs is 2. The minimum Gasteiger partial charge on any atom is -0.368 e. The fourth-order valence-corrected chi connectivity index (χ4v) is 3.37. The number of nitrogens with zero attached hydrogens (tertiary/aromatic N) is 7. The third kappa shape index (κ3) is 2.81. The molecule has 0 spiro atoms. The van der Waals surface area contributed by atoms with Crippen LogP contribution in [0.25, 0.3) is 22.7 Å². The summed E-state index contributed by atoms with van der Waals surface area (Å²) in [4.78, 5) is 28.1. The molecule has 1 fully saturated rings. The molecule has 9 heteroatoms. The summed E-state index contributed by atoms with van der Waals surface area (Å²) in [5.41, 5.74) is 2.80. The van der Waals surface area contributed by atoms with Gasteiger partial charge < -0.3 is 10.2 Å². The Labute approximate surface area is 154 Å². The molecule has 0 atom stereocenters. The van der Waals surface area contributed by atoms with Gasteiger partial charge in [-0.1, -0.05) is 0 Å². The van der Waals surface area contributed by atoms with Crippen molar-refractivity contribution in [3.05, 3.63) is 53.0 Å². The van der Waals surface area contributed by atoms with E-state index in [0.29, 0.717) is 22.9 Å². The Morgan fingerprint density at radius 3 is 2.81 bits per heavy atom. The minimum atomic E-state index is -0.123. The number of aromatic nitrogens is 6. The number of piperazine rings is 1. The lowest BCUT2D eigenvalue weighted by Crippen LogP contribution is -2.43. The van der Waals surface area contributed by atoms with Crippen LogP contribution in [0.15, 0.2) is 41.6 Å². The highest BCUT2D eigenvalue weighted by Crippen LogP contribution is 2.18. The van der Waals surface area contributed by atoms with Gasteiger partial charge in [0.15, 0.2) is 0 Å². The van der Waals surface area contributed by atoms with Gasteiger partial charge >= 0.3 is 0 Å². The lowest BCUT2D eigenvalue weighted by Gasteiger charge is -2.29. The molecule has 0 radical (unpaired) electrons. The summed E-state index contributed by atoms with van der Waals surface area (Å²) >= 11 is 0. The monoisotopic (exact) mass is 362 g/mol. The maximum atomic E-state index is 12.7. The Morgan fingerprint density at radius 2 is 1.96 bits per heavy atom. The number of rotatable bonds is 2. The first-order valence-corrected chi connectivity index (χ1v) is 8.86. The zero-order chi connectivity index (χ0) is 18.4. The topological polar surface area (TPSA) is 92.7 Å². The van der Waals surface area contributed by atoms with Crippen LogP contribution in [0.2, 0.25) is 0 Å². The van der Waals surface area contributed by atoms with Crippen molar-refractivity contribution in [2.75, 3.05) is 31.1 Å². The minimum absolute atomic E-state index is 0.123. The summed E-state index contributed by atoms with van der Waals surface area (Å²) < 4.78 is 3.19. The second-order valence-electron chi connectivity index (χ2n) is 6.58. The van der Waals surface area contributed by atoms with Crippen LogP contribution in [0.1, 0.15) is 5.82 Å². The molecule has 4 aromatic heterocycles. The number of hydrogen-bond donors (Lipinski definition) is 1. The van der Waals surface area contributed by atoms with Crippen molar-refractivity contribution < 1.29 is 0 Å². The second kappa shape index (κ2) is 6.13. The Bertz CT molecular complexity index is 1210. The Hall–Kier alpha value is -3.33. The molecule has 0 unspecified atom stereocenters. The predicted octanol–water partition coefficient (Wildman–Crippen LogP) is 0.517. The Morgan fingerprint density at radius 1 is 1.11 bits per heavy atom. The highest BCUT2D eigenvalue weighted by molar-refractivity contribution is 5.62. The Balaban J connectivity index is 1.58. The summed E-state index contributed by atoms with van der Waals surface area (Å²) in [6.07, 6.45) is 5.31. The lowest BCUT2D eigenvalue weighted by molar-refractivity contribution is 0.588. The van der Waals surface area contributed by atoms with Crippen LogP contribution in [0.4, 0.5) is 5.69 Å². The van der Waals surface area contributed by atoms with Gasteiger partial charge in [0.25, 0.3) is 11.3 Å². The molecule has 4 aromatic rings. The third-order valence-electron chi connectivity index (χ3n) is 4.72. The summed E-state index contributed by atoms with van der Waals surface area (Å²) in [6.45, 7) is 5.55. The van der Waals surface area contributed by atoms with Gasteiger partial charge in [0.1, 0.15) is 11.5 Å². The average Bonchev–Trinajstić information content (AvgIpc) is 3.07. The molecular formula is C18H18N8O. The van der Waals surface area contributed by atoms with Gasteiger partial charge in [0.05, 0.1) is 11.4 Å². The number of pyridine rings is 1. The summed E-state index contributed by atoms with van der Waals surface area (Å²) in [5.74, 6) is 1.17. The molecule has 9 nitrogen and oxygen atoms in total. The van der Waals surface area contributed by atoms with E-state index >= 15 is 0 Å². The van der Waals surface area contributed by atoms with Gasteiger partial charge in [-0.15, -0.1) is 0 Å². The zero-order valence-electron chi connectivity index (χ0n) is 14.8. The van der Waals surface area contributed by atoms with Gasteiger partial charge in [-0.3, -0.25) is 9.20 Å². The first kappa shape index (κ1) is 15.9. The fraction of sp³-hybridized carbons (Fsp3) is 0.278. The molecule has 0 saturated carbocycles. The van der Waals surface area contributed by atoms with Gasteiger partial charge in [-0.2, -0.15) is 10.1 Å². The number of anilines is 1. The van der Waals surface area contributed by atoms with Crippen LogP contribution in [0, 0.1) is 6.92 Å². The molecule has 0 aliphatic carbocycles. The number of aryl methyl sites for hydroxylation is 1. The quantitative estimate of drug-likeness (QED) is 0.556. The van der Waals surface area contributed by atoms with Crippen LogP contribution < -0.4 is 15.8 Å². The second-order valence-corrected chi connectivity index (χ2v) is 6.58. The summed E-state index contributed by atoms with van der Waals surface area (Å²) in [6, 6.07) is 5.42. The highest BCUT2D eigenvalue weighted by Gasteiger charge is 2.13. The van der Waals surface area contributed by atoms with Crippen molar-refractivity contribution >= 4 is 17.1 Å². The van der Waals surface area contributed by atoms with E-state index < -0.39 is 0 Å². The molecule has 0 aromatic carbocycles. The van der Waals surface area contributed by atoms with Gasteiger partial charge in [-0.05, 0) is 19.1 Å². The van der Waals surface area contributed by atoms with E-state index in [1.165, 1.54) is 6.07 Å². The molecule has 5 rings (SSSR count). The summed E-state index contributed by atoms with van der Waals surface area (Å²) in [7, 11) is 0. The third-order valence-corrected chi connectivity index (χ3v) is 4.72. The van der Waals surface area contributed by atoms with Crippen molar-refractivity contribution in [3.8, 4) is 11.3 Å². The van der Waals surface area contributed by atoms with Crippen LogP contribution in [-0.2, 0) is 0 Å². The van der Waals surface area contributed by atoms with Crippen molar-refractivity contribution in [2.24, 2.45) is 0 Å². The lowest BCUT2D eigenvalue weighted by atomic mass is 10.2. The van der Waals surface area contributed by atoms with Crippen LogP contribution in [-0.4, -0.2) is 55.1 Å². The van der Waals surface area contributed by atoms with E-state index in [0.717, 1.165) is 37.4 Å². The van der Waals surface area contributed by atoms with E-state index in [-0.39, 0.29) is 5.56 Å². The molecule has 5 heterocycles. The molecule has 1 aliphatic heterocycles. The van der Waals surface area contributed by atoms with Crippen molar-refractivity contribution in [1.82, 2.24) is 34.3 Å². The van der Waals surface area contributed by atoms with Gasteiger partial charge in [0.2, 0.25) is 0 Å². The largest absolute Gasteiger partial charge is 0.368 e. The van der Waals surface area contributed by atoms with Crippen molar-refractivity contribution in [3.63, 3.8) is 0 Å². The fourth-order valence-electron chi connectivity index (χ4n) is 3.37. The van der Waals surface area contributed by atoms with E-state index in [4.69, 9.17) is 0 Å². The predicted molar refractivity (Wildman–Crippen MR) is 101 cm³/mol. The first-order valence-electron chi connectivity index (χ1n) is 8.86. The molecule has 1 aliphatic rings. The van der Waals surface area contributed by atoms with E-state index in [1.807, 2.05) is 25.3 Å². The standard InChI is InChI=1S/C18H18N8O/c1-12-21-18-20-9-13(10-26(18)23-12)15-8-17(27)25-11-14(2-3-16(25)22-15)24-6-4-19-5-7-24/h2-3,8-11,19H,4-7H2,1H3. The smallest absolute Gasteiger partial charge is 0.258 e. The SMILES string of the molecule is Cc1nc2ncc(-c3cc(=O)n4cc(N5CCNCC5)ccc4n3)cn2n1. The zero-order valence-corrected chi connectivity index (χ0v) is 14.8. The maximum Gasteiger partial charge on any atom is 0.258 e. The van der Waals surface area contributed by atoms with Gasteiger partial charge in [0, 0.05) is 56.4 Å². The molecule has 27 heavy (non-hydrogen) atoms. The molecule has 136 valence electrons. The Kier molecular flexibility index (Phi) is 3.61.